The van der Waals surface area contributed by atoms with Crippen LogP contribution in [0.25, 0.3) is 0 Å². The Balaban J connectivity index is 0.000000403. The van der Waals surface area contributed by atoms with Crippen LogP contribution in [0.5, 0.6) is 0 Å². The minimum Gasteiger partial charge on any atom is -0.731 e. The first kappa shape index (κ1) is 21.6. The van der Waals surface area contributed by atoms with E-state index in [1.165, 1.54) is 22.3 Å². The molecule has 2 nitrogen and oxygen atoms in total. The molecule has 0 N–H and O–H groups in total. The summed E-state index contributed by atoms with van der Waals surface area (Å²) in [6.07, 6.45) is 1.90. The van der Waals surface area contributed by atoms with Crippen LogP contribution in [0.3, 0.4) is 0 Å². The van der Waals surface area contributed by atoms with Gasteiger partial charge in [0.2, 0.25) is 0 Å². The van der Waals surface area contributed by atoms with Crippen LogP contribution in [0.2, 0.25) is 0 Å². The topological polar surface area (TPSA) is 34.1 Å². The van der Waals surface area contributed by atoms with Crippen LogP contribution < -0.4 is 0 Å². The van der Waals surface area contributed by atoms with Crippen LogP contribution in [0, 0.1) is 55.4 Å². The molecule has 0 fully saturated rings. The molecule has 0 aliphatic heterocycles. The normalized spacial score (nSPS) is 9.74. The first-order valence-electron chi connectivity index (χ1n) is 7.55. The molecule has 0 saturated carbocycles. The van der Waals surface area contributed by atoms with Crippen molar-refractivity contribution in [2.75, 3.05) is 0 Å². The number of carbonyl (C=O) groups excluding carboxylic acids is 2. The summed E-state index contributed by atoms with van der Waals surface area (Å²) in [5.41, 5.74) is 11.3. The Hall–Kier alpha value is -1.44. The van der Waals surface area contributed by atoms with E-state index in [0.717, 1.165) is 46.0 Å². The third-order valence-electron chi connectivity index (χ3n) is 5.23. The van der Waals surface area contributed by atoms with Gasteiger partial charge >= 0.3 is 0 Å². The van der Waals surface area contributed by atoms with Crippen LogP contribution in [0.1, 0.15) is 65.2 Å². The minimum atomic E-state index is 0. The fourth-order valence-electron chi connectivity index (χ4n) is 2.85. The maximum Gasteiger partial charge on any atom is 0.0847 e. The van der Waals surface area contributed by atoms with Crippen molar-refractivity contribution in [3.8, 4) is 0 Å². The average Bonchev–Trinajstić information content (AvgIpc) is 2.81. The van der Waals surface area contributed by atoms with E-state index >= 15 is 0 Å². The van der Waals surface area contributed by atoms with Gasteiger partial charge in [-0.1, -0.05) is 34.0 Å². The molecular weight excluding hydrogens is 328 g/mol. The molecule has 3 heteroatoms. The molecule has 23 heavy (non-hydrogen) atoms. The van der Waals surface area contributed by atoms with Crippen LogP contribution in [0.15, 0.2) is 0 Å². The van der Waals surface area contributed by atoms with Gasteiger partial charge in [0.1, 0.15) is 0 Å². The molecule has 0 radical (unpaired) electrons. The standard InChI is InChI=1S/2C10H13O.Fe/c2*1-6-7(2)9(4)10(5-11)8(6)3;/h2*5H,1-4H3;/q-5;-1;. The van der Waals surface area contributed by atoms with E-state index in [-0.39, 0.29) is 17.1 Å². The van der Waals surface area contributed by atoms with E-state index in [1.54, 1.807) is 0 Å². The van der Waals surface area contributed by atoms with E-state index < -0.39 is 0 Å². The second-order valence-corrected chi connectivity index (χ2v) is 6.06. The van der Waals surface area contributed by atoms with Gasteiger partial charge in [0.25, 0.3) is 0 Å². The maximum absolute atomic E-state index is 10.6. The predicted molar refractivity (Wildman–Crippen MR) is 92.7 cm³/mol. The third-order valence-corrected chi connectivity index (χ3v) is 5.23. The molecule has 0 saturated heterocycles. The molecule has 0 bridgehead atoms. The molecule has 0 aromatic heterocycles. The number of carbonyl (C=O) groups is 2. The largest absolute Gasteiger partial charge is 0.731 e. The predicted octanol–water partition coefficient (Wildman–Crippen LogP) is 4.90. The summed E-state index contributed by atoms with van der Waals surface area (Å²) in [7, 11) is 0. The van der Waals surface area contributed by atoms with Crippen LogP contribution in [-0.4, -0.2) is 12.6 Å². The Labute approximate surface area is 150 Å². The first-order valence-corrected chi connectivity index (χ1v) is 7.55. The Morgan fingerprint density at radius 3 is 1.35 bits per heavy atom. The van der Waals surface area contributed by atoms with Gasteiger partial charge in [0.05, 0.1) is 6.29 Å². The van der Waals surface area contributed by atoms with Crippen molar-refractivity contribution in [1.29, 1.82) is 0 Å². The molecule has 0 atom stereocenters. The van der Waals surface area contributed by atoms with Crippen molar-refractivity contribution in [3.05, 3.63) is 55.6 Å². The van der Waals surface area contributed by atoms with Gasteiger partial charge in [-0.3, -0.25) is 0 Å². The molecule has 2 aromatic carbocycles. The number of rotatable bonds is 2. The zero-order chi connectivity index (χ0) is 17.2. The summed E-state index contributed by atoms with van der Waals surface area (Å²) in [6, 6.07) is 0. The zero-order valence-electron chi connectivity index (χ0n) is 15.3. The molecule has 2 aromatic rings. The number of hydrogen-bond donors (Lipinski definition) is 0. The second kappa shape index (κ2) is 8.42. The summed E-state index contributed by atoms with van der Waals surface area (Å²) in [5.74, 6) is 0. The van der Waals surface area contributed by atoms with Crippen molar-refractivity contribution in [3.63, 3.8) is 0 Å². The average molecular weight is 354 g/mol. The fraction of sp³-hybridized carbons (Fsp3) is 0.400. The van der Waals surface area contributed by atoms with Gasteiger partial charge in [-0.15, -0.1) is 5.56 Å². The molecule has 0 amide bonds. The second-order valence-electron chi connectivity index (χ2n) is 6.06. The Kier molecular flexibility index (Phi) is 7.89. The molecule has 0 aliphatic rings. The summed E-state index contributed by atoms with van der Waals surface area (Å²) in [4.78, 5) is 21.2. The molecule has 132 valence electrons. The van der Waals surface area contributed by atoms with Gasteiger partial charge < -0.3 is 37.4 Å². The quantitative estimate of drug-likeness (QED) is 0.437. The monoisotopic (exact) mass is 354 g/mol. The summed E-state index contributed by atoms with van der Waals surface area (Å²) in [5, 5.41) is 0. The maximum atomic E-state index is 10.6. The zero-order valence-corrected chi connectivity index (χ0v) is 16.4. The van der Waals surface area contributed by atoms with Crippen LogP contribution in [-0.2, 0) is 17.1 Å². The summed E-state index contributed by atoms with van der Waals surface area (Å²) in [6.45, 7) is 16.2. The smallest absolute Gasteiger partial charge is 0.0847 e. The molecule has 0 heterocycles. The Bertz CT molecular complexity index is 602. The van der Waals surface area contributed by atoms with E-state index in [9.17, 15) is 9.59 Å². The van der Waals surface area contributed by atoms with Crippen molar-refractivity contribution in [1.82, 2.24) is 0 Å². The van der Waals surface area contributed by atoms with Gasteiger partial charge in [-0.25, -0.2) is 27.7 Å². The first-order chi connectivity index (χ1) is 10.2. The van der Waals surface area contributed by atoms with Crippen molar-refractivity contribution < 1.29 is 26.7 Å². The SMILES string of the molecule is C[c-]1[c-](C)[c-](C)[c-](C=O)[c-]1C.Cc1c(C=O)c(C)[c-](C)c1C.[Fe]. The van der Waals surface area contributed by atoms with Crippen molar-refractivity contribution in [2.24, 2.45) is 0 Å². The molecule has 0 spiro atoms. The van der Waals surface area contributed by atoms with Gasteiger partial charge in [-0.2, -0.15) is 22.3 Å². The fourth-order valence-corrected chi connectivity index (χ4v) is 2.85. The van der Waals surface area contributed by atoms with Crippen LogP contribution >= 0.6 is 0 Å². The van der Waals surface area contributed by atoms with Crippen LogP contribution in [0.4, 0.5) is 0 Å². The van der Waals surface area contributed by atoms with E-state index in [2.05, 4.69) is 27.7 Å². The van der Waals surface area contributed by atoms with Gasteiger partial charge in [-0.05, 0) is 0 Å². The molecule has 2 rings (SSSR count). The molecule has 0 aliphatic carbocycles. The van der Waals surface area contributed by atoms with Gasteiger partial charge in [0.15, 0.2) is 0 Å². The van der Waals surface area contributed by atoms with Gasteiger partial charge in [0, 0.05) is 17.1 Å². The van der Waals surface area contributed by atoms with Crippen molar-refractivity contribution >= 4 is 12.6 Å². The Morgan fingerprint density at radius 1 is 0.739 bits per heavy atom. The summed E-state index contributed by atoms with van der Waals surface area (Å²) < 4.78 is 0. The third kappa shape index (κ3) is 3.91. The molecule has 0 unspecified atom stereocenters. The summed E-state index contributed by atoms with van der Waals surface area (Å²) >= 11 is 0. The number of hydrogen-bond acceptors (Lipinski definition) is 2. The van der Waals surface area contributed by atoms with E-state index in [4.69, 9.17) is 0 Å². The Morgan fingerprint density at radius 2 is 1.17 bits per heavy atom. The van der Waals surface area contributed by atoms with E-state index in [0.29, 0.717) is 0 Å². The molecular formula is C20H26FeO2-6. The minimum absolute atomic E-state index is 0. The van der Waals surface area contributed by atoms with Crippen molar-refractivity contribution in [2.45, 2.75) is 55.4 Å². The number of aldehydes is 2. The van der Waals surface area contributed by atoms with E-state index in [1.807, 2.05) is 27.7 Å².